The van der Waals surface area contributed by atoms with Gasteiger partial charge in [0.1, 0.15) is 0 Å². The maximum Gasteiger partial charge on any atom is 0.391 e. The van der Waals surface area contributed by atoms with Crippen LogP contribution in [0.3, 0.4) is 0 Å². The van der Waals surface area contributed by atoms with Crippen LogP contribution in [0.4, 0.5) is 13.2 Å². The number of carbonyl (C=O) groups is 2. The summed E-state index contributed by atoms with van der Waals surface area (Å²) in [4.78, 5) is 24.7. The summed E-state index contributed by atoms with van der Waals surface area (Å²) in [6.07, 6.45) is -1.78. The zero-order valence-electron chi connectivity index (χ0n) is 12.4. The maximum absolute atomic E-state index is 12.6. The van der Waals surface area contributed by atoms with E-state index in [1.54, 1.807) is 4.90 Å². The molecule has 2 rings (SSSR count). The Balaban J connectivity index is 1.74. The highest BCUT2D eigenvalue weighted by atomic mass is 19.4. The average molecular weight is 321 g/mol. The van der Waals surface area contributed by atoms with Crippen LogP contribution in [0.5, 0.6) is 0 Å². The highest BCUT2D eigenvalue weighted by molar-refractivity contribution is 5.77. The van der Waals surface area contributed by atoms with E-state index in [1.807, 2.05) is 0 Å². The molecule has 0 spiro atoms. The van der Waals surface area contributed by atoms with Crippen LogP contribution in [0.25, 0.3) is 0 Å². The molecule has 2 fully saturated rings. The third-order valence-corrected chi connectivity index (χ3v) is 4.97. The van der Waals surface area contributed by atoms with E-state index in [0.29, 0.717) is 45.2 Å². The number of carboxylic acids is 1. The normalized spacial score (nSPS) is 27.7. The lowest BCUT2D eigenvalue weighted by Gasteiger charge is -2.33. The lowest BCUT2D eigenvalue weighted by atomic mass is 9.80. The Labute approximate surface area is 127 Å². The number of hydrogen-bond acceptors (Lipinski definition) is 2. The Morgan fingerprint density at radius 3 is 2.00 bits per heavy atom. The lowest BCUT2D eigenvalue weighted by Crippen LogP contribution is -2.41. The highest BCUT2D eigenvalue weighted by Crippen LogP contribution is 2.40. The molecule has 2 aliphatic rings. The predicted molar refractivity (Wildman–Crippen MR) is 73.1 cm³/mol. The number of carboxylic acid groups (broad SMARTS) is 1. The molecule has 1 N–H and O–H groups in total. The molecular formula is C15H22F3NO3. The van der Waals surface area contributed by atoms with Crippen molar-refractivity contribution in [2.24, 2.45) is 17.8 Å². The average Bonchev–Trinajstić information content (AvgIpc) is 2.47. The van der Waals surface area contributed by atoms with Crippen molar-refractivity contribution < 1.29 is 27.9 Å². The minimum atomic E-state index is -4.12. The van der Waals surface area contributed by atoms with E-state index in [1.165, 1.54) is 0 Å². The van der Waals surface area contributed by atoms with Crippen molar-refractivity contribution in [1.29, 1.82) is 0 Å². The van der Waals surface area contributed by atoms with Gasteiger partial charge in [-0.05, 0) is 44.4 Å². The smallest absolute Gasteiger partial charge is 0.391 e. The van der Waals surface area contributed by atoms with Crippen LogP contribution in [-0.2, 0) is 9.59 Å². The Morgan fingerprint density at radius 1 is 1.00 bits per heavy atom. The molecule has 7 heteroatoms. The van der Waals surface area contributed by atoms with Crippen LogP contribution in [-0.4, -0.2) is 41.1 Å². The Hall–Kier alpha value is -1.27. The van der Waals surface area contributed by atoms with Crippen molar-refractivity contribution in [2.75, 3.05) is 13.1 Å². The molecule has 126 valence electrons. The molecule has 0 aromatic carbocycles. The molecule has 0 bridgehead atoms. The number of alkyl halides is 3. The summed E-state index contributed by atoms with van der Waals surface area (Å²) < 4.78 is 37.8. The topological polar surface area (TPSA) is 57.6 Å². The van der Waals surface area contributed by atoms with Gasteiger partial charge in [0.05, 0.1) is 11.8 Å². The second-order valence-electron chi connectivity index (χ2n) is 6.46. The Kier molecular flexibility index (Phi) is 5.34. The van der Waals surface area contributed by atoms with E-state index >= 15 is 0 Å². The van der Waals surface area contributed by atoms with Crippen molar-refractivity contribution in [3.63, 3.8) is 0 Å². The summed E-state index contributed by atoms with van der Waals surface area (Å²) in [5, 5.41) is 8.92. The fourth-order valence-electron chi connectivity index (χ4n) is 3.45. The summed E-state index contributed by atoms with van der Waals surface area (Å²) in [6.45, 7) is 0.876. The van der Waals surface area contributed by atoms with Crippen molar-refractivity contribution in [2.45, 2.75) is 51.1 Å². The van der Waals surface area contributed by atoms with E-state index < -0.39 is 18.1 Å². The van der Waals surface area contributed by atoms with Crippen LogP contribution >= 0.6 is 0 Å². The monoisotopic (exact) mass is 321 g/mol. The molecule has 0 atom stereocenters. The first-order valence-corrected chi connectivity index (χ1v) is 7.84. The summed E-state index contributed by atoms with van der Waals surface area (Å²) >= 11 is 0. The van der Waals surface area contributed by atoms with Crippen molar-refractivity contribution in [3.8, 4) is 0 Å². The van der Waals surface area contributed by atoms with Crippen molar-refractivity contribution in [1.82, 2.24) is 4.90 Å². The number of likely N-dealkylation sites (tertiary alicyclic amines) is 1. The van der Waals surface area contributed by atoms with Crippen molar-refractivity contribution >= 4 is 11.9 Å². The fourth-order valence-corrected chi connectivity index (χ4v) is 3.45. The third-order valence-electron chi connectivity index (χ3n) is 4.97. The number of aliphatic carboxylic acids is 1. The first-order chi connectivity index (χ1) is 10.3. The minimum absolute atomic E-state index is 0.0308. The summed E-state index contributed by atoms with van der Waals surface area (Å²) in [5.74, 6) is -2.43. The zero-order chi connectivity index (χ0) is 16.3. The molecule has 1 saturated carbocycles. The lowest BCUT2D eigenvalue weighted by molar-refractivity contribution is -0.184. The highest BCUT2D eigenvalue weighted by Gasteiger charge is 2.41. The largest absolute Gasteiger partial charge is 0.481 e. The van der Waals surface area contributed by atoms with Gasteiger partial charge < -0.3 is 10.0 Å². The SMILES string of the molecule is O=C(O)C1CCN(C(=O)CC2CCC(C(F)(F)F)CC2)CC1. The van der Waals surface area contributed by atoms with Gasteiger partial charge in [0.25, 0.3) is 0 Å². The van der Waals surface area contributed by atoms with Gasteiger partial charge >= 0.3 is 12.1 Å². The van der Waals surface area contributed by atoms with Crippen LogP contribution in [0.1, 0.15) is 44.9 Å². The van der Waals surface area contributed by atoms with Gasteiger partial charge in [-0.3, -0.25) is 9.59 Å². The summed E-state index contributed by atoms with van der Waals surface area (Å²) in [5.41, 5.74) is 0. The first kappa shape index (κ1) is 17.1. The number of halogens is 3. The van der Waals surface area contributed by atoms with E-state index in [9.17, 15) is 22.8 Å². The molecule has 0 unspecified atom stereocenters. The Morgan fingerprint density at radius 2 is 1.55 bits per heavy atom. The van der Waals surface area contributed by atoms with Crippen LogP contribution < -0.4 is 0 Å². The summed E-state index contributed by atoms with van der Waals surface area (Å²) in [6, 6.07) is 0. The predicted octanol–water partition coefficient (Wildman–Crippen LogP) is 3.07. The van der Waals surface area contributed by atoms with Gasteiger partial charge in [0, 0.05) is 19.5 Å². The number of hydrogen-bond donors (Lipinski definition) is 1. The summed E-state index contributed by atoms with van der Waals surface area (Å²) in [7, 11) is 0. The molecule has 1 heterocycles. The third kappa shape index (κ3) is 4.36. The second-order valence-corrected chi connectivity index (χ2v) is 6.46. The van der Waals surface area contributed by atoms with Gasteiger partial charge in [0.15, 0.2) is 0 Å². The van der Waals surface area contributed by atoms with E-state index in [-0.39, 0.29) is 30.6 Å². The molecule has 0 aromatic rings. The number of carbonyl (C=O) groups excluding carboxylic acids is 1. The van der Waals surface area contributed by atoms with Crippen molar-refractivity contribution in [3.05, 3.63) is 0 Å². The molecule has 1 amide bonds. The molecule has 0 aromatic heterocycles. The number of nitrogens with zero attached hydrogens (tertiary/aromatic N) is 1. The van der Waals surface area contributed by atoms with Crippen LogP contribution in [0, 0.1) is 17.8 Å². The molecule has 0 radical (unpaired) electrons. The van der Waals surface area contributed by atoms with Gasteiger partial charge in [-0.25, -0.2) is 0 Å². The Bertz CT molecular complexity index is 409. The number of piperidine rings is 1. The van der Waals surface area contributed by atoms with Crippen LogP contribution in [0.2, 0.25) is 0 Å². The molecule has 4 nitrogen and oxygen atoms in total. The molecule has 1 aliphatic heterocycles. The van der Waals surface area contributed by atoms with Crippen LogP contribution in [0.15, 0.2) is 0 Å². The molecule has 1 saturated heterocycles. The zero-order valence-corrected chi connectivity index (χ0v) is 12.4. The van der Waals surface area contributed by atoms with E-state index in [0.717, 1.165) is 0 Å². The van der Waals surface area contributed by atoms with Gasteiger partial charge in [0.2, 0.25) is 5.91 Å². The number of rotatable bonds is 3. The maximum atomic E-state index is 12.6. The minimum Gasteiger partial charge on any atom is -0.481 e. The van der Waals surface area contributed by atoms with Gasteiger partial charge in [-0.2, -0.15) is 13.2 Å². The second kappa shape index (κ2) is 6.87. The standard InChI is InChI=1S/C15H22F3NO3/c16-15(17,18)12-3-1-10(2-4-12)9-13(20)19-7-5-11(6-8-19)14(21)22/h10-12H,1-9H2,(H,21,22). The fraction of sp³-hybridized carbons (Fsp3) is 0.867. The number of amides is 1. The van der Waals surface area contributed by atoms with Gasteiger partial charge in [-0.15, -0.1) is 0 Å². The van der Waals surface area contributed by atoms with Gasteiger partial charge in [-0.1, -0.05) is 0 Å². The first-order valence-electron chi connectivity index (χ1n) is 7.84. The quantitative estimate of drug-likeness (QED) is 0.869. The van der Waals surface area contributed by atoms with E-state index in [4.69, 9.17) is 5.11 Å². The molecular weight excluding hydrogens is 299 g/mol. The molecule has 22 heavy (non-hydrogen) atoms. The molecule has 1 aliphatic carbocycles. The van der Waals surface area contributed by atoms with E-state index in [2.05, 4.69) is 0 Å².